The summed E-state index contributed by atoms with van der Waals surface area (Å²) in [5.41, 5.74) is 1.42. The van der Waals surface area contributed by atoms with Gasteiger partial charge in [0.05, 0.1) is 44.2 Å². The van der Waals surface area contributed by atoms with Gasteiger partial charge in [0, 0.05) is 23.8 Å². The number of carbonyl (C=O) groups is 1. The van der Waals surface area contributed by atoms with Gasteiger partial charge in [0.2, 0.25) is 0 Å². The first-order chi connectivity index (χ1) is 34.4. The summed E-state index contributed by atoms with van der Waals surface area (Å²) in [5.74, 6) is 0.660. The molecule has 12 heteroatoms. The summed E-state index contributed by atoms with van der Waals surface area (Å²) in [6, 6.07) is 8.18. The second-order valence-corrected chi connectivity index (χ2v) is 47.7. The predicted octanol–water partition coefficient (Wildman–Crippen LogP) is 19.2. The van der Waals surface area contributed by atoms with E-state index in [9.17, 15) is 9.90 Å². The molecule has 0 saturated carbocycles. The van der Waals surface area contributed by atoms with Crippen molar-refractivity contribution in [2.24, 2.45) is 29.6 Å². The molecule has 0 fully saturated rings. The quantitative estimate of drug-likeness (QED) is 0.0251. The fourth-order valence-corrected chi connectivity index (χ4v) is 14.0. The average molecular weight is 1130 g/mol. The van der Waals surface area contributed by atoms with E-state index in [1.807, 2.05) is 30.4 Å². The van der Waals surface area contributed by atoms with Crippen molar-refractivity contribution in [1.29, 1.82) is 0 Å². The van der Waals surface area contributed by atoms with Crippen molar-refractivity contribution in [3.63, 3.8) is 0 Å². The van der Waals surface area contributed by atoms with Crippen LogP contribution in [0.15, 0.2) is 85.0 Å². The molecule has 0 amide bonds. The van der Waals surface area contributed by atoms with Crippen LogP contribution in [0.5, 0.6) is 5.75 Å². The number of hydrogen-bond acceptors (Lipinski definition) is 7. The molecule has 0 bridgehead atoms. The Morgan fingerprint density at radius 1 is 0.592 bits per heavy atom. The number of benzene rings is 1. The highest BCUT2D eigenvalue weighted by Gasteiger charge is 2.45. The number of methoxy groups -OCH3 is 1. The molecule has 0 aliphatic carbocycles. The molecule has 1 aromatic rings. The predicted molar refractivity (Wildman–Crippen MR) is 338 cm³/mol. The van der Waals surface area contributed by atoms with Crippen molar-refractivity contribution >= 4 is 39.2 Å². The molecule has 10 atom stereocenters. The highest BCUT2D eigenvalue weighted by Crippen LogP contribution is 2.44. The molecule has 0 aliphatic rings. The lowest BCUT2D eigenvalue weighted by Gasteiger charge is -2.44. The molecule has 0 radical (unpaired) electrons. The van der Waals surface area contributed by atoms with Gasteiger partial charge < -0.3 is 32.3 Å². The first-order valence-electron chi connectivity index (χ1n) is 29.0. The van der Waals surface area contributed by atoms with Gasteiger partial charge in [0.15, 0.2) is 33.3 Å². The summed E-state index contributed by atoms with van der Waals surface area (Å²) in [6.07, 6.45) is 21.0. The van der Waals surface area contributed by atoms with Gasteiger partial charge in [-0.3, -0.25) is 0 Å². The molecule has 0 heterocycles. The van der Waals surface area contributed by atoms with E-state index < -0.39 is 39.2 Å². The van der Waals surface area contributed by atoms with Crippen molar-refractivity contribution < 1.29 is 37.1 Å². The largest absolute Gasteiger partial charge is 0.497 e. The Kier molecular flexibility index (Phi) is 28.4. The zero-order valence-electron chi connectivity index (χ0n) is 54.0. The van der Waals surface area contributed by atoms with Gasteiger partial charge >= 0.3 is 5.97 Å². The van der Waals surface area contributed by atoms with Crippen LogP contribution >= 0.6 is 0 Å². The topological polar surface area (TPSA) is 92.7 Å². The first kappa shape index (κ1) is 71.9. The van der Waals surface area contributed by atoms with Crippen LogP contribution in [0.1, 0.15) is 162 Å². The van der Waals surface area contributed by atoms with Crippen LogP contribution in [0.2, 0.25) is 72.5 Å². The van der Waals surface area contributed by atoms with Crippen LogP contribution in [0, 0.1) is 29.6 Å². The van der Waals surface area contributed by atoms with Crippen LogP contribution < -0.4 is 4.74 Å². The molecule has 1 N–H and O–H groups in total. The van der Waals surface area contributed by atoms with E-state index in [0.29, 0.717) is 24.5 Å². The van der Waals surface area contributed by atoms with Gasteiger partial charge in [-0.25, -0.2) is 4.79 Å². The lowest BCUT2D eigenvalue weighted by molar-refractivity contribution is -0.132. The van der Waals surface area contributed by atoms with E-state index in [2.05, 4.69) is 213 Å². The van der Waals surface area contributed by atoms with Crippen molar-refractivity contribution in [3.05, 3.63) is 90.6 Å². The van der Waals surface area contributed by atoms with Crippen molar-refractivity contribution in [2.75, 3.05) is 7.11 Å². The standard InChI is InChI=1S/C64H118O8Si4/c1-29-30-34-49(4)59(68-46-53-40-43-54(67-20)44-41-53)52(7)56(70-74(23,24)62(11,12)13)38-32-31-35-48(3)58(72-76(27,28)64(17,18)19)50(5)39-42-55(69-73(21,22)61(8,9)10)45-57(71-75(25,26)63(14,15)16)47(2)36-33-37-51(6)60(65)66/h29-30,33-34,36-37,39-44,47-50,52,55-59H,1,31-32,35,38,45-46H2,2-28H3,(H,65,66)/t47-,48+,49+,50+,52+,55-,56-,57+,58-,59+/m1/s1. The van der Waals surface area contributed by atoms with E-state index in [1.54, 1.807) is 20.1 Å². The molecule has 0 aliphatic heterocycles. The summed E-state index contributed by atoms with van der Waals surface area (Å²) >= 11 is 0. The molecule has 0 spiro atoms. The molecule has 1 aromatic carbocycles. The summed E-state index contributed by atoms with van der Waals surface area (Å²) in [4.78, 5) is 11.7. The highest BCUT2D eigenvalue weighted by atomic mass is 28.4. The third-order valence-corrected chi connectivity index (χ3v) is 36.0. The first-order valence-corrected chi connectivity index (χ1v) is 40.6. The smallest absolute Gasteiger partial charge is 0.331 e. The number of carboxylic acid groups (broad SMARTS) is 1. The van der Waals surface area contributed by atoms with Crippen molar-refractivity contribution in [1.82, 2.24) is 0 Å². The summed E-state index contributed by atoms with van der Waals surface area (Å²) in [7, 11) is -7.13. The summed E-state index contributed by atoms with van der Waals surface area (Å²) < 4.78 is 42.0. The zero-order chi connectivity index (χ0) is 59.1. The highest BCUT2D eigenvalue weighted by molar-refractivity contribution is 6.75. The van der Waals surface area contributed by atoms with Crippen LogP contribution in [-0.4, -0.2) is 82.0 Å². The Morgan fingerprint density at radius 2 is 1.04 bits per heavy atom. The lowest BCUT2D eigenvalue weighted by Crippen LogP contribution is -2.48. The van der Waals surface area contributed by atoms with Gasteiger partial charge in [-0.2, -0.15) is 0 Å². The molecule has 76 heavy (non-hydrogen) atoms. The Morgan fingerprint density at radius 3 is 1.51 bits per heavy atom. The third kappa shape index (κ3) is 23.1. The fraction of sp³-hybridized carbons (Fsp3) is 0.734. The van der Waals surface area contributed by atoms with E-state index >= 15 is 0 Å². The third-order valence-electron chi connectivity index (χ3n) is 18.0. The second-order valence-electron chi connectivity index (χ2n) is 28.7. The monoisotopic (exact) mass is 1130 g/mol. The van der Waals surface area contributed by atoms with Crippen LogP contribution in [0.3, 0.4) is 0 Å². The Balaban J connectivity index is 3.78. The minimum atomic E-state index is -2.25. The molecule has 438 valence electrons. The van der Waals surface area contributed by atoms with Gasteiger partial charge in [-0.05, 0) is 128 Å². The average Bonchev–Trinajstić information content (AvgIpc) is 3.28. The number of allylic oxidation sites excluding steroid dienone is 4. The Labute approximate surface area is 473 Å². The number of hydrogen-bond donors (Lipinski definition) is 1. The van der Waals surface area contributed by atoms with Crippen LogP contribution in [0.4, 0.5) is 0 Å². The minimum absolute atomic E-state index is 0.00613. The number of unbranched alkanes of at least 4 members (excludes halogenated alkanes) is 1. The number of aliphatic carboxylic acids is 1. The number of carboxylic acids is 1. The Hall–Kier alpha value is -2.14. The maximum absolute atomic E-state index is 11.7. The Bertz CT molecular complexity index is 2010. The van der Waals surface area contributed by atoms with Gasteiger partial charge in [-0.1, -0.05) is 198 Å². The normalized spacial score (nSPS) is 18.3. The molecule has 0 saturated heterocycles. The molecule has 8 nitrogen and oxygen atoms in total. The summed E-state index contributed by atoms with van der Waals surface area (Å²) in [6.45, 7) is 64.3. The van der Waals surface area contributed by atoms with Crippen LogP contribution in [-0.2, 0) is 33.8 Å². The summed E-state index contributed by atoms with van der Waals surface area (Å²) in [5, 5.41) is 9.69. The molecular weight excluding hydrogens is 1010 g/mol. The molecule has 0 unspecified atom stereocenters. The maximum atomic E-state index is 11.7. The van der Waals surface area contributed by atoms with Gasteiger partial charge in [0.1, 0.15) is 5.75 Å². The number of rotatable bonds is 32. The van der Waals surface area contributed by atoms with E-state index in [1.165, 1.54) is 0 Å². The minimum Gasteiger partial charge on any atom is -0.497 e. The fourth-order valence-electron chi connectivity index (χ4n) is 8.35. The van der Waals surface area contributed by atoms with Crippen LogP contribution in [0.25, 0.3) is 0 Å². The molecule has 0 aromatic heterocycles. The van der Waals surface area contributed by atoms with E-state index in [0.717, 1.165) is 37.0 Å². The van der Waals surface area contributed by atoms with E-state index in [-0.39, 0.29) is 74.3 Å². The van der Waals surface area contributed by atoms with Crippen molar-refractivity contribution in [2.45, 2.75) is 266 Å². The van der Waals surface area contributed by atoms with E-state index in [4.69, 9.17) is 27.2 Å². The second kappa shape index (κ2) is 30.1. The SMILES string of the molecule is C=CC=C[C@H](C)[C@H](OCc1ccc(OC)cc1)[C@@H](C)[C@@H](CCCC[C@H](C)[C@@H](O[Si](C)(C)C(C)(C)C)[C@@H](C)C=C[C@H](C[C@H](O[Si](C)(C)C(C)(C)C)[C@H](C)C=CC=C(C)C(=O)O)O[Si](C)(C)C(C)(C)C)O[Si](C)(C)C(C)(C)C. The van der Waals surface area contributed by atoms with Gasteiger partial charge in [-0.15, -0.1) is 0 Å². The van der Waals surface area contributed by atoms with Gasteiger partial charge in [0.25, 0.3) is 0 Å². The molecular formula is C64H118O8Si4. The lowest BCUT2D eigenvalue weighted by atomic mass is 9.85. The maximum Gasteiger partial charge on any atom is 0.331 e. The molecule has 1 rings (SSSR count). The number of ether oxygens (including phenoxy) is 2. The zero-order valence-corrected chi connectivity index (χ0v) is 58.0. The van der Waals surface area contributed by atoms with Crippen molar-refractivity contribution in [3.8, 4) is 5.75 Å².